The van der Waals surface area contributed by atoms with Gasteiger partial charge >= 0.3 is 5.97 Å². The van der Waals surface area contributed by atoms with Crippen molar-refractivity contribution >= 4 is 17.3 Å². The van der Waals surface area contributed by atoms with E-state index in [2.05, 4.69) is 4.98 Å². The largest absolute Gasteiger partial charge is 0.497 e. The average molecular weight is 277 g/mol. The van der Waals surface area contributed by atoms with E-state index < -0.39 is 0 Å². The van der Waals surface area contributed by atoms with Crippen LogP contribution in [-0.4, -0.2) is 24.7 Å². The van der Waals surface area contributed by atoms with Gasteiger partial charge in [0.05, 0.1) is 19.4 Å². The van der Waals surface area contributed by atoms with Gasteiger partial charge in [-0.25, -0.2) is 9.78 Å². The molecular formula is C14H15NO3S. The highest BCUT2D eigenvalue weighted by Crippen LogP contribution is 2.29. The number of thiazole rings is 1. The molecule has 0 radical (unpaired) electrons. The Morgan fingerprint density at radius 2 is 2.00 bits per heavy atom. The minimum atomic E-state index is -0.308. The van der Waals surface area contributed by atoms with E-state index in [0.717, 1.165) is 16.3 Å². The maximum Gasteiger partial charge on any atom is 0.350 e. The number of aryl methyl sites for hydroxylation is 1. The standard InChI is InChI=1S/C14H15NO3S/c1-4-18-14(16)12-9(2)15-13(19-12)10-5-7-11(17-3)8-6-10/h5-8H,4H2,1-3H3. The molecule has 0 aliphatic rings. The van der Waals surface area contributed by atoms with Gasteiger partial charge in [0.2, 0.25) is 0 Å². The molecule has 5 heteroatoms. The van der Waals surface area contributed by atoms with Crippen LogP contribution >= 0.6 is 11.3 Å². The van der Waals surface area contributed by atoms with Crippen LogP contribution in [0, 0.1) is 6.92 Å². The highest BCUT2D eigenvalue weighted by Gasteiger charge is 2.16. The first-order chi connectivity index (χ1) is 9.15. The molecule has 0 atom stereocenters. The van der Waals surface area contributed by atoms with Crippen LogP contribution in [0.1, 0.15) is 22.3 Å². The van der Waals surface area contributed by atoms with Gasteiger partial charge in [-0.15, -0.1) is 11.3 Å². The molecule has 100 valence electrons. The smallest absolute Gasteiger partial charge is 0.350 e. The SMILES string of the molecule is CCOC(=O)c1sc(-c2ccc(OC)cc2)nc1C. The lowest BCUT2D eigenvalue weighted by Crippen LogP contribution is -2.03. The van der Waals surface area contributed by atoms with Gasteiger partial charge in [0.15, 0.2) is 0 Å². The summed E-state index contributed by atoms with van der Waals surface area (Å²) >= 11 is 1.35. The van der Waals surface area contributed by atoms with Crippen LogP contribution < -0.4 is 4.74 Å². The Morgan fingerprint density at radius 1 is 1.32 bits per heavy atom. The van der Waals surface area contributed by atoms with Crippen LogP contribution in [0.2, 0.25) is 0 Å². The summed E-state index contributed by atoms with van der Waals surface area (Å²) in [6.45, 7) is 3.97. The normalized spacial score (nSPS) is 10.3. The third-order valence-corrected chi connectivity index (χ3v) is 3.78. The molecule has 19 heavy (non-hydrogen) atoms. The van der Waals surface area contributed by atoms with Crippen molar-refractivity contribution in [1.82, 2.24) is 4.98 Å². The Kier molecular flexibility index (Phi) is 4.16. The fraction of sp³-hybridized carbons (Fsp3) is 0.286. The Labute approximate surface area is 116 Å². The molecule has 1 aromatic carbocycles. The maximum absolute atomic E-state index is 11.7. The second-order valence-electron chi connectivity index (χ2n) is 3.88. The predicted octanol–water partition coefficient (Wildman–Crippen LogP) is 3.30. The van der Waals surface area contributed by atoms with Gasteiger partial charge in [-0.2, -0.15) is 0 Å². The molecule has 4 nitrogen and oxygen atoms in total. The van der Waals surface area contributed by atoms with Gasteiger partial charge in [0, 0.05) is 5.56 Å². The zero-order valence-corrected chi connectivity index (χ0v) is 11.9. The third kappa shape index (κ3) is 2.93. The van der Waals surface area contributed by atoms with Crippen LogP contribution in [0.3, 0.4) is 0 Å². The number of aromatic nitrogens is 1. The number of carbonyl (C=O) groups is 1. The number of ether oxygens (including phenoxy) is 2. The molecule has 1 heterocycles. The topological polar surface area (TPSA) is 48.4 Å². The zero-order valence-electron chi connectivity index (χ0n) is 11.1. The Hall–Kier alpha value is -1.88. The van der Waals surface area contributed by atoms with Crippen molar-refractivity contribution < 1.29 is 14.3 Å². The molecule has 1 aromatic heterocycles. The predicted molar refractivity (Wildman–Crippen MR) is 74.8 cm³/mol. The van der Waals surface area contributed by atoms with Crippen LogP contribution in [-0.2, 0) is 4.74 Å². The summed E-state index contributed by atoms with van der Waals surface area (Å²) in [5.41, 5.74) is 1.67. The first-order valence-electron chi connectivity index (χ1n) is 5.94. The number of hydrogen-bond donors (Lipinski definition) is 0. The number of rotatable bonds is 4. The number of hydrogen-bond acceptors (Lipinski definition) is 5. The van der Waals surface area contributed by atoms with Crippen molar-refractivity contribution in [3.05, 3.63) is 34.8 Å². The monoisotopic (exact) mass is 277 g/mol. The van der Waals surface area contributed by atoms with E-state index in [1.54, 1.807) is 14.0 Å². The first-order valence-corrected chi connectivity index (χ1v) is 6.76. The molecular weight excluding hydrogens is 262 g/mol. The van der Waals surface area contributed by atoms with E-state index in [-0.39, 0.29) is 5.97 Å². The molecule has 0 bridgehead atoms. The van der Waals surface area contributed by atoms with Crippen molar-refractivity contribution in [2.45, 2.75) is 13.8 Å². The Bertz CT molecular complexity index is 575. The van der Waals surface area contributed by atoms with E-state index in [1.807, 2.05) is 31.2 Å². The minimum absolute atomic E-state index is 0.308. The number of esters is 1. The van der Waals surface area contributed by atoms with Crippen LogP contribution in [0.5, 0.6) is 5.75 Å². The molecule has 0 saturated carbocycles. The van der Waals surface area contributed by atoms with E-state index in [0.29, 0.717) is 17.2 Å². The third-order valence-electron chi connectivity index (χ3n) is 2.59. The van der Waals surface area contributed by atoms with Gasteiger partial charge in [0.25, 0.3) is 0 Å². The van der Waals surface area contributed by atoms with Crippen LogP contribution in [0.25, 0.3) is 10.6 Å². The van der Waals surface area contributed by atoms with Crippen molar-refractivity contribution in [3.8, 4) is 16.3 Å². The first kappa shape index (κ1) is 13.5. The highest BCUT2D eigenvalue weighted by atomic mass is 32.1. The quantitative estimate of drug-likeness (QED) is 0.804. The summed E-state index contributed by atoms with van der Waals surface area (Å²) in [6, 6.07) is 7.59. The molecule has 0 aliphatic heterocycles. The Morgan fingerprint density at radius 3 is 2.58 bits per heavy atom. The lowest BCUT2D eigenvalue weighted by molar-refractivity contribution is 0.0531. The van der Waals surface area contributed by atoms with Gasteiger partial charge in [-0.1, -0.05) is 0 Å². The second-order valence-corrected chi connectivity index (χ2v) is 4.88. The fourth-order valence-corrected chi connectivity index (χ4v) is 2.60. The van der Waals surface area contributed by atoms with Crippen molar-refractivity contribution in [1.29, 1.82) is 0 Å². The second kappa shape index (κ2) is 5.84. The summed E-state index contributed by atoms with van der Waals surface area (Å²) in [4.78, 5) is 16.7. The number of methoxy groups -OCH3 is 1. The molecule has 0 spiro atoms. The number of benzene rings is 1. The van der Waals surface area contributed by atoms with Gasteiger partial charge in [-0.05, 0) is 38.1 Å². The Balaban J connectivity index is 2.30. The summed E-state index contributed by atoms with van der Waals surface area (Å²) in [5.74, 6) is 0.486. The summed E-state index contributed by atoms with van der Waals surface area (Å²) < 4.78 is 10.1. The van der Waals surface area contributed by atoms with Crippen LogP contribution in [0.4, 0.5) is 0 Å². The lowest BCUT2D eigenvalue weighted by Gasteiger charge is -2.00. The van der Waals surface area contributed by atoms with Crippen molar-refractivity contribution in [3.63, 3.8) is 0 Å². The zero-order chi connectivity index (χ0) is 13.8. The molecule has 2 aromatic rings. The van der Waals surface area contributed by atoms with E-state index in [1.165, 1.54) is 11.3 Å². The molecule has 0 amide bonds. The van der Waals surface area contributed by atoms with Gasteiger partial charge in [0.1, 0.15) is 15.6 Å². The maximum atomic E-state index is 11.7. The molecule has 2 rings (SSSR count). The number of carbonyl (C=O) groups excluding carboxylic acids is 1. The molecule has 0 N–H and O–H groups in total. The molecule has 0 saturated heterocycles. The molecule has 0 aliphatic carbocycles. The van der Waals surface area contributed by atoms with Gasteiger partial charge in [-0.3, -0.25) is 0 Å². The summed E-state index contributed by atoms with van der Waals surface area (Å²) in [5, 5.41) is 0.809. The van der Waals surface area contributed by atoms with Crippen molar-refractivity contribution in [2.24, 2.45) is 0 Å². The van der Waals surface area contributed by atoms with E-state index in [9.17, 15) is 4.79 Å². The van der Waals surface area contributed by atoms with Gasteiger partial charge < -0.3 is 9.47 Å². The van der Waals surface area contributed by atoms with Crippen molar-refractivity contribution in [2.75, 3.05) is 13.7 Å². The lowest BCUT2D eigenvalue weighted by atomic mass is 10.2. The van der Waals surface area contributed by atoms with Crippen LogP contribution in [0.15, 0.2) is 24.3 Å². The highest BCUT2D eigenvalue weighted by molar-refractivity contribution is 7.17. The minimum Gasteiger partial charge on any atom is -0.497 e. The average Bonchev–Trinajstić information content (AvgIpc) is 2.81. The van der Waals surface area contributed by atoms with E-state index in [4.69, 9.17) is 9.47 Å². The van der Waals surface area contributed by atoms with E-state index >= 15 is 0 Å². The fourth-order valence-electron chi connectivity index (χ4n) is 1.64. The molecule has 0 unspecified atom stereocenters. The summed E-state index contributed by atoms with van der Waals surface area (Å²) in [7, 11) is 1.63. The molecule has 0 fully saturated rings. The summed E-state index contributed by atoms with van der Waals surface area (Å²) in [6.07, 6.45) is 0. The number of nitrogens with zero attached hydrogens (tertiary/aromatic N) is 1.